The van der Waals surface area contributed by atoms with Crippen LogP contribution >= 0.6 is 0 Å². The molecule has 2 rings (SSSR count). The molecule has 0 aliphatic heterocycles. The molecule has 19 heavy (non-hydrogen) atoms. The number of carbonyl (C=O) groups excluding carboxylic acids is 1. The highest BCUT2D eigenvalue weighted by atomic mass is 19.1. The van der Waals surface area contributed by atoms with Gasteiger partial charge in [-0.3, -0.25) is 4.79 Å². The molecular weight excluding hydrogens is 247 g/mol. The van der Waals surface area contributed by atoms with Gasteiger partial charge in [-0.2, -0.15) is 0 Å². The molecule has 0 heterocycles. The Morgan fingerprint density at radius 1 is 1.47 bits per heavy atom. The first-order valence-electron chi connectivity index (χ1n) is 6.64. The molecule has 1 fully saturated rings. The van der Waals surface area contributed by atoms with Crippen LogP contribution in [0.5, 0.6) is 5.75 Å². The molecule has 0 radical (unpaired) electrons. The number of halogens is 1. The maximum Gasteiger partial charge on any atom is 0.308 e. The average Bonchev–Trinajstić information content (AvgIpc) is 3.18. The number of methoxy groups -OCH3 is 1. The molecular formula is C15H19FO3. The molecule has 0 amide bonds. The van der Waals surface area contributed by atoms with E-state index < -0.39 is 0 Å². The summed E-state index contributed by atoms with van der Waals surface area (Å²) in [6.07, 6.45) is 2.47. The summed E-state index contributed by atoms with van der Waals surface area (Å²) in [5.74, 6) is 0.756. The van der Waals surface area contributed by atoms with Gasteiger partial charge in [-0.05, 0) is 55.9 Å². The number of ether oxygens (including phenoxy) is 2. The molecule has 0 aromatic heterocycles. The first-order chi connectivity index (χ1) is 9.15. The maximum absolute atomic E-state index is 13.3. The summed E-state index contributed by atoms with van der Waals surface area (Å²) < 4.78 is 23.5. The van der Waals surface area contributed by atoms with E-state index in [2.05, 4.69) is 0 Å². The van der Waals surface area contributed by atoms with Crippen molar-refractivity contribution < 1.29 is 18.7 Å². The van der Waals surface area contributed by atoms with Crippen LogP contribution in [0.3, 0.4) is 0 Å². The zero-order valence-corrected chi connectivity index (χ0v) is 11.3. The Morgan fingerprint density at radius 3 is 2.95 bits per heavy atom. The maximum atomic E-state index is 13.3. The summed E-state index contributed by atoms with van der Waals surface area (Å²) in [6, 6.07) is 4.59. The summed E-state index contributed by atoms with van der Waals surface area (Å²) in [7, 11) is 1.41. The van der Waals surface area contributed by atoms with Gasteiger partial charge in [-0.15, -0.1) is 0 Å². The fraction of sp³-hybridized carbons (Fsp3) is 0.533. The lowest BCUT2D eigenvalue weighted by atomic mass is 10.1. The second-order valence-corrected chi connectivity index (χ2v) is 4.85. The smallest absolute Gasteiger partial charge is 0.308 e. The van der Waals surface area contributed by atoms with Gasteiger partial charge in [0.1, 0.15) is 11.6 Å². The molecule has 0 spiro atoms. The van der Waals surface area contributed by atoms with Gasteiger partial charge in [-0.1, -0.05) is 0 Å². The van der Waals surface area contributed by atoms with E-state index in [-0.39, 0.29) is 17.7 Å². The summed E-state index contributed by atoms with van der Waals surface area (Å²) in [6.45, 7) is 2.47. The largest absolute Gasteiger partial charge is 0.494 e. The van der Waals surface area contributed by atoms with E-state index in [0.29, 0.717) is 12.5 Å². The average molecular weight is 266 g/mol. The van der Waals surface area contributed by atoms with Gasteiger partial charge in [-0.25, -0.2) is 4.39 Å². The van der Waals surface area contributed by atoms with E-state index in [1.807, 2.05) is 6.92 Å². The van der Waals surface area contributed by atoms with Crippen LogP contribution in [0, 0.1) is 17.7 Å². The van der Waals surface area contributed by atoms with E-state index in [1.54, 1.807) is 6.07 Å². The van der Waals surface area contributed by atoms with E-state index in [0.717, 1.165) is 30.6 Å². The molecule has 0 bridgehead atoms. The Bertz CT molecular complexity index is 459. The van der Waals surface area contributed by atoms with E-state index in [1.165, 1.54) is 19.2 Å². The summed E-state index contributed by atoms with van der Waals surface area (Å²) in [5.41, 5.74) is 0.873. The van der Waals surface area contributed by atoms with E-state index in [9.17, 15) is 9.18 Å². The predicted octanol–water partition coefficient (Wildman–Crippen LogP) is 2.97. The molecule has 4 heteroatoms. The number of rotatable bonds is 6. The highest BCUT2D eigenvalue weighted by Crippen LogP contribution is 2.43. The Balaban J connectivity index is 1.92. The van der Waals surface area contributed by atoms with Crippen molar-refractivity contribution in [3.8, 4) is 5.75 Å². The molecule has 3 nitrogen and oxygen atoms in total. The van der Waals surface area contributed by atoms with Gasteiger partial charge in [0.15, 0.2) is 0 Å². The highest BCUT2D eigenvalue weighted by molar-refractivity contribution is 5.75. The molecule has 1 aliphatic rings. The zero-order chi connectivity index (χ0) is 13.8. The third-order valence-electron chi connectivity index (χ3n) is 3.53. The quantitative estimate of drug-likeness (QED) is 0.743. The molecule has 2 unspecified atom stereocenters. The monoisotopic (exact) mass is 266 g/mol. The summed E-state index contributed by atoms with van der Waals surface area (Å²) in [4.78, 5) is 11.3. The summed E-state index contributed by atoms with van der Waals surface area (Å²) >= 11 is 0. The van der Waals surface area contributed by atoms with Crippen LogP contribution in [0.15, 0.2) is 18.2 Å². The second kappa shape index (κ2) is 6.04. The lowest BCUT2D eigenvalue weighted by Crippen LogP contribution is -2.05. The molecule has 1 saturated carbocycles. The van der Waals surface area contributed by atoms with Crippen molar-refractivity contribution in [1.82, 2.24) is 0 Å². The number of hydrogen-bond acceptors (Lipinski definition) is 3. The van der Waals surface area contributed by atoms with Crippen LogP contribution in [-0.4, -0.2) is 19.7 Å². The Kier molecular flexibility index (Phi) is 4.40. The summed E-state index contributed by atoms with van der Waals surface area (Å²) in [5, 5.41) is 0. The SMILES string of the molecule is CCOc1ccc(F)cc1CCC1CC1C(=O)OC. The molecule has 1 aromatic carbocycles. The Morgan fingerprint density at radius 2 is 2.26 bits per heavy atom. The number of hydrogen-bond donors (Lipinski definition) is 0. The van der Waals surface area contributed by atoms with Gasteiger partial charge in [0.2, 0.25) is 0 Å². The Labute approximate surface area is 112 Å². The van der Waals surface area contributed by atoms with Gasteiger partial charge in [0.05, 0.1) is 19.6 Å². The fourth-order valence-electron chi connectivity index (χ4n) is 2.39. The third kappa shape index (κ3) is 3.46. The van der Waals surface area contributed by atoms with E-state index >= 15 is 0 Å². The van der Waals surface area contributed by atoms with Crippen molar-refractivity contribution in [2.45, 2.75) is 26.2 Å². The normalized spacial score (nSPS) is 21.0. The lowest BCUT2D eigenvalue weighted by Gasteiger charge is -2.10. The highest BCUT2D eigenvalue weighted by Gasteiger charge is 2.43. The number of aryl methyl sites for hydroxylation is 1. The topological polar surface area (TPSA) is 35.5 Å². The number of benzene rings is 1. The van der Waals surface area contributed by atoms with Gasteiger partial charge >= 0.3 is 5.97 Å². The molecule has 0 N–H and O–H groups in total. The minimum Gasteiger partial charge on any atom is -0.494 e. The molecule has 104 valence electrons. The van der Waals surface area contributed by atoms with Gasteiger partial charge < -0.3 is 9.47 Å². The molecule has 1 aromatic rings. The lowest BCUT2D eigenvalue weighted by molar-refractivity contribution is -0.142. The van der Waals surface area contributed by atoms with Crippen molar-refractivity contribution in [1.29, 1.82) is 0 Å². The van der Waals surface area contributed by atoms with Crippen LogP contribution in [0.4, 0.5) is 4.39 Å². The molecule has 1 aliphatic carbocycles. The van der Waals surface area contributed by atoms with Crippen molar-refractivity contribution in [3.63, 3.8) is 0 Å². The minimum absolute atomic E-state index is 0.0362. The first-order valence-corrected chi connectivity index (χ1v) is 6.64. The van der Waals surface area contributed by atoms with Crippen LogP contribution in [0.25, 0.3) is 0 Å². The van der Waals surface area contributed by atoms with Crippen LogP contribution < -0.4 is 4.74 Å². The fourth-order valence-corrected chi connectivity index (χ4v) is 2.39. The minimum atomic E-state index is -0.251. The van der Waals surface area contributed by atoms with Crippen molar-refractivity contribution in [3.05, 3.63) is 29.6 Å². The predicted molar refractivity (Wildman–Crippen MR) is 69.5 cm³/mol. The van der Waals surface area contributed by atoms with Crippen LogP contribution in [0.2, 0.25) is 0 Å². The van der Waals surface area contributed by atoms with Gasteiger partial charge in [0.25, 0.3) is 0 Å². The second-order valence-electron chi connectivity index (χ2n) is 4.85. The van der Waals surface area contributed by atoms with Crippen LogP contribution in [0.1, 0.15) is 25.3 Å². The molecule has 0 saturated heterocycles. The zero-order valence-electron chi connectivity index (χ0n) is 11.3. The standard InChI is InChI=1S/C15H19FO3/c1-3-19-14-7-6-12(16)8-11(14)5-4-10-9-13(10)15(17)18-2/h6-8,10,13H,3-5,9H2,1-2H3. The van der Waals surface area contributed by atoms with Gasteiger partial charge in [0, 0.05) is 0 Å². The molecule has 2 atom stereocenters. The van der Waals surface area contributed by atoms with Crippen LogP contribution in [-0.2, 0) is 16.0 Å². The van der Waals surface area contributed by atoms with Crippen molar-refractivity contribution >= 4 is 5.97 Å². The first kappa shape index (κ1) is 13.8. The van der Waals surface area contributed by atoms with E-state index in [4.69, 9.17) is 9.47 Å². The Hall–Kier alpha value is -1.58. The number of esters is 1. The third-order valence-corrected chi connectivity index (χ3v) is 3.53. The number of carbonyl (C=O) groups is 1. The van der Waals surface area contributed by atoms with Crippen molar-refractivity contribution in [2.75, 3.05) is 13.7 Å². The van der Waals surface area contributed by atoms with Crippen molar-refractivity contribution in [2.24, 2.45) is 11.8 Å².